The molecule has 0 aromatic heterocycles. The smallest absolute Gasteiger partial charge is 0.264 e. The Morgan fingerprint density at radius 2 is 1.73 bits per heavy atom. The van der Waals surface area contributed by atoms with E-state index in [0.717, 1.165) is 4.31 Å². The molecule has 0 aliphatic rings. The Morgan fingerprint density at radius 1 is 1.14 bits per heavy atom. The average Bonchev–Trinajstić information content (AvgIpc) is 2.53. The number of methoxy groups -OCH3 is 1. The summed E-state index contributed by atoms with van der Waals surface area (Å²) in [6.45, 7) is -0.210. The maximum atomic E-state index is 12.8. The maximum absolute atomic E-state index is 12.8. The monoisotopic (exact) mass is 319 g/mol. The predicted octanol–water partition coefficient (Wildman–Crippen LogP) is 1.83. The lowest BCUT2D eigenvalue weighted by Gasteiger charge is -2.24. The third-order valence-electron chi connectivity index (χ3n) is 3.01. The largest absolute Gasteiger partial charge is 0.497 e. The third kappa shape index (κ3) is 3.37. The van der Waals surface area contributed by atoms with Gasteiger partial charge in [0.25, 0.3) is 10.0 Å². The van der Waals surface area contributed by atoms with E-state index in [1.54, 1.807) is 42.5 Å². The molecular formula is C15H17N3O3S. The Kier molecular flexibility index (Phi) is 4.67. The van der Waals surface area contributed by atoms with E-state index in [1.807, 2.05) is 0 Å². The zero-order chi connectivity index (χ0) is 16.2. The fraction of sp³-hybridized carbons (Fsp3) is 0.133. The second-order valence-electron chi connectivity index (χ2n) is 4.55. The van der Waals surface area contributed by atoms with Gasteiger partial charge in [-0.15, -0.1) is 0 Å². The van der Waals surface area contributed by atoms with Crippen LogP contribution in [0.15, 0.2) is 59.5 Å². The molecule has 2 aromatic carbocycles. The topological polar surface area (TPSA) is 96.5 Å². The molecule has 0 aliphatic heterocycles. The molecule has 0 saturated carbocycles. The highest BCUT2D eigenvalue weighted by Gasteiger charge is 2.25. The van der Waals surface area contributed by atoms with Crippen molar-refractivity contribution in [1.82, 2.24) is 0 Å². The van der Waals surface area contributed by atoms with Gasteiger partial charge in [0.2, 0.25) is 0 Å². The summed E-state index contributed by atoms with van der Waals surface area (Å²) in [5, 5.41) is 7.43. The molecule has 6 nitrogen and oxygen atoms in total. The predicted molar refractivity (Wildman–Crippen MR) is 85.9 cm³/mol. The van der Waals surface area contributed by atoms with Gasteiger partial charge in [-0.25, -0.2) is 8.42 Å². The van der Waals surface area contributed by atoms with Gasteiger partial charge >= 0.3 is 0 Å². The molecule has 0 saturated heterocycles. The van der Waals surface area contributed by atoms with Crippen molar-refractivity contribution in [1.29, 1.82) is 5.41 Å². The van der Waals surface area contributed by atoms with E-state index in [-0.39, 0.29) is 17.3 Å². The van der Waals surface area contributed by atoms with Gasteiger partial charge in [0.05, 0.1) is 24.2 Å². The van der Waals surface area contributed by atoms with Crippen molar-refractivity contribution in [3.8, 4) is 5.75 Å². The Balaban J connectivity index is 2.46. The fourth-order valence-electron chi connectivity index (χ4n) is 1.94. The number of rotatable bonds is 6. The summed E-state index contributed by atoms with van der Waals surface area (Å²) >= 11 is 0. The maximum Gasteiger partial charge on any atom is 0.264 e. The minimum Gasteiger partial charge on any atom is -0.497 e. The van der Waals surface area contributed by atoms with Crippen LogP contribution in [0.4, 0.5) is 5.69 Å². The number of para-hydroxylation sites is 1. The number of ether oxygens (including phenoxy) is 1. The Bertz CT molecular complexity index is 743. The highest BCUT2D eigenvalue weighted by molar-refractivity contribution is 7.92. The van der Waals surface area contributed by atoms with Crippen LogP contribution in [-0.4, -0.2) is 27.9 Å². The van der Waals surface area contributed by atoms with E-state index in [0.29, 0.717) is 11.4 Å². The molecule has 0 unspecified atom stereocenters. The first kappa shape index (κ1) is 15.8. The minimum absolute atomic E-state index is 0.110. The first-order valence-electron chi connectivity index (χ1n) is 6.50. The number of amidine groups is 1. The summed E-state index contributed by atoms with van der Waals surface area (Å²) in [5.74, 6) is 0.331. The summed E-state index contributed by atoms with van der Waals surface area (Å²) in [4.78, 5) is 0.110. The molecule has 22 heavy (non-hydrogen) atoms. The van der Waals surface area contributed by atoms with Crippen LogP contribution in [-0.2, 0) is 10.0 Å². The number of nitrogens with two attached hydrogens (primary N) is 1. The van der Waals surface area contributed by atoms with Gasteiger partial charge < -0.3 is 10.5 Å². The van der Waals surface area contributed by atoms with E-state index in [9.17, 15) is 8.42 Å². The standard InChI is InChI=1S/C15H17N3O3S/c1-21-13-7-9-14(10-8-13)22(19,20)18(11-15(16)17)12-5-3-2-4-6-12/h2-10H,11H2,1H3,(H3,16,17). The third-order valence-corrected chi connectivity index (χ3v) is 4.79. The van der Waals surface area contributed by atoms with E-state index in [2.05, 4.69) is 0 Å². The van der Waals surface area contributed by atoms with E-state index < -0.39 is 10.0 Å². The van der Waals surface area contributed by atoms with Crippen molar-refractivity contribution in [2.75, 3.05) is 18.0 Å². The summed E-state index contributed by atoms with van der Waals surface area (Å²) in [7, 11) is -2.31. The number of hydrogen-bond donors (Lipinski definition) is 2. The van der Waals surface area contributed by atoms with Crippen molar-refractivity contribution in [2.45, 2.75) is 4.90 Å². The Labute approximate surface area is 129 Å². The molecular weight excluding hydrogens is 302 g/mol. The van der Waals surface area contributed by atoms with E-state index in [1.165, 1.54) is 19.2 Å². The lowest BCUT2D eigenvalue weighted by Crippen LogP contribution is -2.38. The molecule has 2 aromatic rings. The molecule has 0 fully saturated rings. The first-order chi connectivity index (χ1) is 10.4. The number of sulfonamides is 1. The van der Waals surface area contributed by atoms with Crippen LogP contribution in [0.3, 0.4) is 0 Å². The SMILES string of the molecule is COc1ccc(S(=O)(=O)N(CC(=N)N)c2ccccc2)cc1. The first-order valence-corrected chi connectivity index (χ1v) is 7.94. The van der Waals surface area contributed by atoms with E-state index in [4.69, 9.17) is 15.9 Å². The molecule has 3 N–H and O–H groups in total. The zero-order valence-corrected chi connectivity index (χ0v) is 12.9. The quantitative estimate of drug-likeness (QED) is 0.627. The normalized spacial score (nSPS) is 11.0. The summed E-state index contributed by atoms with van der Waals surface area (Å²) in [6, 6.07) is 14.6. The van der Waals surface area contributed by atoms with Crippen LogP contribution < -0.4 is 14.8 Å². The van der Waals surface area contributed by atoms with Gasteiger partial charge in [-0.05, 0) is 36.4 Å². The summed E-state index contributed by atoms with van der Waals surface area (Å²) < 4.78 is 31.7. The molecule has 0 amide bonds. The second-order valence-corrected chi connectivity index (χ2v) is 6.41. The molecule has 0 bridgehead atoms. The van der Waals surface area contributed by atoms with Crippen LogP contribution in [0.5, 0.6) is 5.75 Å². The Morgan fingerprint density at radius 3 is 2.23 bits per heavy atom. The van der Waals surface area contributed by atoms with Crippen molar-refractivity contribution < 1.29 is 13.2 Å². The fourth-order valence-corrected chi connectivity index (χ4v) is 3.38. The number of anilines is 1. The molecule has 2 rings (SSSR count). The van der Waals surface area contributed by atoms with E-state index >= 15 is 0 Å². The molecule has 7 heteroatoms. The average molecular weight is 319 g/mol. The summed E-state index contributed by atoms with van der Waals surface area (Å²) in [6.07, 6.45) is 0. The van der Waals surface area contributed by atoms with Gasteiger partial charge in [0.15, 0.2) is 0 Å². The van der Waals surface area contributed by atoms with Crippen molar-refractivity contribution in [2.24, 2.45) is 5.73 Å². The molecule has 116 valence electrons. The molecule has 0 spiro atoms. The van der Waals surface area contributed by atoms with Gasteiger partial charge in [0, 0.05) is 0 Å². The highest BCUT2D eigenvalue weighted by atomic mass is 32.2. The van der Waals surface area contributed by atoms with Crippen LogP contribution in [0.25, 0.3) is 0 Å². The van der Waals surface area contributed by atoms with Crippen molar-refractivity contribution in [3.63, 3.8) is 0 Å². The number of benzene rings is 2. The van der Waals surface area contributed by atoms with Crippen LogP contribution in [0, 0.1) is 5.41 Å². The highest BCUT2D eigenvalue weighted by Crippen LogP contribution is 2.24. The summed E-state index contributed by atoms with van der Waals surface area (Å²) in [5.41, 5.74) is 5.86. The molecule has 0 heterocycles. The lowest BCUT2D eigenvalue weighted by molar-refractivity contribution is 0.414. The van der Waals surface area contributed by atoms with Crippen LogP contribution in [0.2, 0.25) is 0 Å². The molecule has 0 radical (unpaired) electrons. The number of hydrogen-bond acceptors (Lipinski definition) is 4. The van der Waals surface area contributed by atoms with Crippen LogP contribution in [0.1, 0.15) is 0 Å². The van der Waals surface area contributed by atoms with Crippen LogP contribution >= 0.6 is 0 Å². The lowest BCUT2D eigenvalue weighted by atomic mass is 10.3. The molecule has 0 aliphatic carbocycles. The number of nitrogens with one attached hydrogen (secondary N) is 1. The zero-order valence-electron chi connectivity index (χ0n) is 12.1. The van der Waals surface area contributed by atoms with Crippen molar-refractivity contribution >= 4 is 21.5 Å². The minimum atomic E-state index is -3.82. The molecule has 0 atom stereocenters. The Hall–Kier alpha value is -2.54. The second kappa shape index (κ2) is 6.48. The van der Waals surface area contributed by atoms with Crippen molar-refractivity contribution in [3.05, 3.63) is 54.6 Å². The van der Waals surface area contributed by atoms with Gasteiger partial charge in [-0.3, -0.25) is 9.71 Å². The van der Waals surface area contributed by atoms with Gasteiger partial charge in [-0.1, -0.05) is 18.2 Å². The number of nitrogens with zero attached hydrogens (tertiary/aromatic N) is 1. The van der Waals surface area contributed by atoms with Gasteiger partial charge in [0.1, 0.15) is 11.6 Å². The van der Waals surface area contributed by atoms with Gasteiger partial charge in [-0.2, -0.15) is 0 Å².